The van der Waals surface area contributed by atoms with Crippen LogP contribution in [0.1, 0.15) is 44.2 Å². The Morgan fingerprint density at radius 2 is 1.67 bits per heavy atom. The van der Waals surface area contributed by atoms with Gasteiger partial charge in [0.05, 0.1) is 20.8 Å². The second-order valence-electron chi connectivity index (χ2n) is 10.8. The molecular weight excluding hydrogens is 450 g/mol. The van der Waals surface area contributed by atoms with E-state index in [1.54, 1.807) is 14.2 Å². The molecule has 0 amide bonds. The second kappa shape index (κ2) is 10.5. The van der Waals surface area contributed by atoms with Crippen molar-refractivity contribution in [2.24, 2.45) is 0 Å². The highest BCUT2D eigenvalue weighted by Gasteiger charge is 2.38. The van der Waals surface area contributed by atoms with Crippen molar-refractivity contribution in [3.63, 3.8) is 0 Å². The Morgan fingerprint density at radius 1 is 1.06 bits per heavy atom. The van der Waals surface area contributed by atoms with Crippen LogP contribution in [-0.4, -0.2) is 43.4 Å². The van der Waals surface area contributed by atoms with Crippen molar-refractivity contribution in [3.05, 3.63) is 28.8 Å². The van der Waals surface area contributed by atoms with Crippen LogP contribution >= 0.6 is 0 Å². The molecule has 6 nitrogen and oxygen atoms in total. The zero-order valence-corrected chi connectivity index (χ0v) is 23.7. The van der Waals surface area contributed by atoms with E-state index in [1.165, 1.54) is 0 Å². The van der Waals surface area contributed by atoms with Crippen molar-refractivity contribution < 1.29 is 23.1 Å². The lowest BCUT2D eigenvalue weighted by atomic mass is 9.86. The zero-order valence-electron chi connectivity index (χ0n) is 21.7. The van der Waals surface area contributed by atoms with Crippen LogP contribution in [0.5, 0.6) is 11.5 Å². The van der Waals surface area contributed by atoms with Crippen LogP contribution in [-0.2, 0) is 19.1 Å². The molecule has 0 spiro atoms. The largest absolute Gasteiger partial charge is 0.493 e. The molecule has 0 N–H and O–H groups in total. The molecule has 1 aromatic rings. The Labute approximate surface area is 201 Å². The number of carbonyl (C=O) groups is 1. The topological polar surface area (TPSA) is 77.8 Å². The number of ether oxygens (including phenoxy) is 3. The van der Waals surface area contributed by atoms with Crippen LogP contribution in [0.4, 0.5) is 0 Å². The summed E-state index contributed by atoms with van der Waals surface area (Å²) in [6, 6.07) is 6.93. The Hall–Kier alpha value is -2.09. The molecule has 33 heavy (non-hydrogen) atoms. The average Bonchev–Trinajstić information content (AvgIpc) is 2.95. The number of rotatable bonds is 10. The van der Waals surface area contributed by atoms with Gasteiger partial charge >= 0.3 is 5.97 Å². The molecule has 0 fully saturated rings. The number of hydrogen-bond acceptors (Lipinski definition) is 6. The normalized spacial score (nSPS) is 16.6. The number of hydrogen-bond donors (Lipinski definition) is 0. The first kappa shape index (κ1) is 27.2. The predicted octanol–water partition coefficient (Wildman–Crippen LogP) is 6.04. The van der Waals surface area contributed by atoms with Gasteiger partial charge in [-0.15, -0.1) is 0 Å². The number of methoxy groups -OCH3 is 2. The van der Waals surface area contributed by atoms with E-state index in [1.807, 2.05) is 12.1 Å². The third kappa shape index (κ3) is 6.95. The first-order valence-corrected chi connectivity index (χ1v) is 18.0. The predicted molar refractivity (Wildman–Crippen MR) is 137 cm³/mol. The summed E-state index contributed by atoms with van der Waals surface area (Å²) >= 11 is 0. The Balaban J connectivity index is 2.12. The Morgan fingerprint density at radius 3 is 2.21 bits per heavy atom. The van der Waals surface area contributed by atoms with Gasteiger partial charge in [-0.3, -0.25) is 0 Å². The summed E-state index contributed by atoms with van der Waals surface area (Å²) in [6.45, 7) is 15.6. The average molecular weight is 490 g/mol. The number of nitriles is 1. The maximum absolute atomic E-state index is 12.8. The number of benzene rings is 1. The molecule has 1 aliphatic rings. The molecule has 8 heteroatoms. The fourth-order valence-electron chi connectivity index (χ4n) is 4.55. The molecule has 182 valence electrons. The monoisotopic (exact) mass is 489 g/mol. The molecule has 0 atom stereocenters. The van der Waals surface area contributed by atoms with Crippen LogP contribution in [0, 0.1) is 11.3 Å². The molecule has 0 heterocycles. The van der Waals surface area contributed by atoms with Gasteiger partial charge in [0.1, 0.15) is 11.6 Å². The minimum Gasteiger partial charge on any atom is -0.493 e. The first-order chi connectivity index (χ1) is 15.2. The van der Waals surface area contributed by atoms with Crippen molar-refractivity contribution in [1.82, 2.24) is 0 Å². The van der Waals surface area contributed by atoms with E-state index in [0.717, 1.165) is 30.0 Å². The van der Waals surface area contributed by atoms with E-state index in [-0.39, 0.29) is 11.0 Å². The lowest BCUT2D eigenvalue weighted by Gasteiger charge is -2.31. The standard InChI is InChI=1S/C25H39NO5Si2/c1-25(2)16-19(18-14-22(28-3)23(29-4)15-21(18)25)20(17-26)24(27)30-12-10-11-13-33(8,9)31-32(5,6)7/h14-15H,10-13,16H2,1-9H3/b20-19+. The number of nitrogens with zero attached hydrogens (tertiary/aromatic N) is 1. The van der Waals surface area contributed by atoms with Gasteiger partial charge in [0.2, 0.25) is 0 Å². The van der Waals surface area contributed by atoms with E-state index < -0.39 is 22.6 Å². The van der Waals surface area contributed by atoms with E-state index in [9.17, 15) is 10.1 Å². The van der Waals surface area contributed by atoms with E-state index in [4.69, 9.17) is 18.3 Å². The Bertz CT molecular complexity index is 955. The maximum Gasteiger partial charge on any atom is 0.349 e. The van der Waals surface area contributed by atoms with Gasteiger partial charge in [0, 0.05) is 0 Å². The quantitative estimate of drug-likeness (QED) is 0.131. The van der Waals surface area contributed by atoms with Crippen molar-refractivity contribution in [2.45, 2.75) is 77.3 Å². The van der Waals surface area contributed by atoms with Crippen molar-refractivity contribution in [1.29, 1.82) is 5.26 Å². The number of unbranched alkanes of at least 4 members (excludes halogenated alkanes) is 1. The van der Waals surface area contributed by atoms with Crippen molar-refractivity contribution in [2.75, 3.05) is 20.8 Å². The molecule has 2 rings (SSSR count). The van der Waals surface area contributed by atoms with Crippen LogP contribution < -0.4 is 9.47 Å². The van der Waals surface area contributed by atoms with Gasteiger partial charge in [0.15, 0.2) is 28.1 Å². The van der Waals surface area contributed by atoms with E-state index in [0.29, 0.717) is 30.1 Å². The Kier molecular flexibility index (Phi) is 8.60. The lowest BCUT2D eigenvalue weighted by molar-refractivity contribution is -0.138. The lowest BCUT2D eigenvalue weighted by Crippen LogP contribution is -2.42. The van der Waals surface area contributed by atoms with Gasteiger partial charge < -0.3 is 18.3 Å². The zero-order chi connectivity index (χ0) is 25.0. The third-order valence-corrected chi connectivity index (χ3v) is 12.0. The number of carbonyl (C=O) groups excluding carboxylic acids is 1. The summed E-state index contributed by atoms with van der Waals surface area (Å²) in [4.78, 5) is 12.8. The first-order valence-electron chi connectivity index (χ1n) is 11.5. The van der Waals surface area contributed by atoms with Gasteiger partial charge in [-0.25, -0.2) is 4.79 Å². The minimum atomic E-state index is -1.70. The molecule has 0 saturated heterocycles. The highest BCUT2D eigenvalue weighted by molar-refractivity contribution is 6.84. The summed E-state index contributed by atoms with van der Waals surface area (Å²) in [5.74, 6) is 0.654. The van der Waals surface area contributed by atoms with Crippen LogP contribution in [0.3, 0.4) is 0 Å². The second-order valence-corrected chi connectivity index (χ2v) is 19.9. The molecular formula is C25H39NO5Si2. The number of allylic oxidation sites excluding steroid dienone is 1. The summed E-state index contributed by atoms with van der Waals surface area (Å²) in [5, 5.41) is 9.83. The van der Waals surface area contributed by atoms with Gasteiger partial charge in [0.25, 0.3) is 0 Å². The smallest absolute Gasteiger partial charge is 0.349 e. The fraction of sp³-hybridized carbons (Fsp3) is 0.600. The van der Waals surface area contributed by atoms with Crippen LogP contribution in [0.15, 0.2) is 17.7 Å². The fourth-order valence-corrected chi connectivity index (χ4v) is 12.7. The molecule has 0 bridgehead atoms. The van der Waals surface area contributed by atoms with Crippen molar-refractivity contribution in [3.8, 4) is 17.6 Å². The maximum atomic E-state index is 12.8. The summed E-state index contributed by atoms with van der Waals surface area (Å²) < 4.78 is 22.8. The highest BCUT2D eigenvalue weighted by Crippen LogP contribution is 2.50. The van der Waals surface area contributed by atoms with Gasteiger partial charge in [-0.1, -0.05) is 20.3 Å². The molecule has 1 aliphatic carbocycles. The van der Waals surface area contributed by atoms with E-state index in [2.05, 4.69) is 52.7 Å². The highest BCUT2D eigenvalue weighted by atomic mass is 28.4. The number of fused-ring (bicyclic) bond motifs is 1. The third-order valence-electron chi connectivity index (χ3n) is 5.80. The SMILES string of the molecule is COc1cc2c(cc1OC)C(C)(C)C/C2=C(/C#N)C(=O)OCCCC[Si](C)(C)O[Si](C)(C)C. The minimum absolute atomic E-state index is 0.0748. The van der Waals surface area contributed by atoms with E-state index >= 15 is 0 Å². The molecule has 1 aromatic carbocycles. The van der Waals surface area contributed by atoms with Gasteiger partial charge in [-0.2, -0.15) is 5.26 Å². The van der Waals surface area contributed by atoms with Crippen molar-refractivity contribution >= 4 is 28.2 Å². The van der Waals surface area contributed by atoms with Crippen LogP contribution in [0.2, 0.25) is 38.8 Å². The summed E-state index contributed by atoms with van der Waals surface area (Å²) in [7, 11) is -0.0771. The summed E-state index contributed by atoms with van der Waals surface area (Å²) in [6.07, 6.45) is 2.28. The number of esters is 1. The molecule has 0 unspecified atom stereocenters. The summed E-state index contributed by atoms with van der Waals surface area (Å²) in [5.41, 5.74) is 2.43. The molecule has 0 aliphatic heterocycles. The van der Waals surface area contributed by atoms with Crippen LogP contribution in [0.25, 0.3) is 5.57 Å². The molecule has 0 radical (unpaired) electrons. The molecule has 0 aromatic heterocycles. The van der Waals surface area contributed by atoms with Gasteiger partial charge in [-0.05, 0) is 85.9 Å². The molecule has 0 saturated carbocycles.